The maximum atomic E-state index is 11.8. The second kappa shape index (κ2) is 7.51. The second-order valence-electron chi connectivity index (χ2n) is 3.89. The van der Waals surface area contributed by atoms with E-state index in [1.807, 2.05) is 6.07 Å². The largest absolute Gasteiger partial charge is 0.482 e. The molecular weight excluding hydrogens is 327 g/mol. The van der Waals surface area contributed by atoms with Crippen molar-refractivity contribution >= 4 is 23.5 Å². The first-order valence-electron chi connectivity index (χ1n) is 5.68. The Balaban J connectivity index is 2.43. The van der Waals surface area contributed by atoms with Gasteiger partial charge in [-0.15, -0.1) is 0 Å². The Kier molecular flexibility index (Phi) is 6.00. The minimum Gasteiger partial charge on any atom is -0.482 e. The van der Waals surface area contributed by atoms with Crippen LogP contribution in [-0.4, -0.2) is 31.3 Å². The zero-order valence-electron chi connectivity index (χ0n) is 10.8. The lowest BCUT2D eigenvalue weighted by Crippen LogP contribution is -2.44. The zero-order chi connectivity index (χ0) is 16.8. The molecule has 1 rings (SSSR count). The normalized spacial score (nSPS) is 10.5. The van der Waals surface area contributed by atoms with Crippen molar-refractivity contribution in [2.75, 3.05) is 13.2 Å². The number of urea groups is 1. The highest BCUT2D eigenvalue weighted by Crippen LogP contribution is 2.24. The lowest BCUT2D eigenvalue weighted by atomic mass is 10.2. The fourth-order valence-electron chi connectivity index (χ4n) is 1.22. The van der Waals surface area contributed by atoms with Crippen molar-refractivity contribution in [2.24, 2.45) is 0 Å². The Labute approximate surface area is 127 Å². The quantitative estimate of drug-likeness (QED) is 0.880. The summed E-state index contributed by atoms with van der Waals surface area (Å²) in [5.74, 6) is -0.869. The third-order valence-electron chi connectivity index (χ3n) is 2.12. The number of benzene rings is 1. The first-order chi connectivity index (χ1) is 10.2. The van der Waals surface area contributed by atoms with E-state index < -0.39 is 31.3 Å². The van der Waals surface area contributed by atoms with Crippen LogP contribution >= 0.6 is 11.6 Å². The SMILES string of the molecule is N#Cc1ccc(OCC(=O)NC(=O)NCC(F)(F)F)c(Cl)c1. The summed E-state index contributed by atoms with van der Waals surface area (Å²) in [5, 5.41) is 11.8. The Morgan fingerprint density at radius 1 is 1.36 bits per heavy atom. The van der Waals surface area contributed by atoms with Crippen molar-refractivity contribution in [3.05, 3.63) is 28.8 Å². The van der Waals surface area contributed by atoms with Gasteiger partial charge in [0.15, 0.2) is 6.61 Å². The number of nitrogens with one attached hydrogen (secondary N) is 2. The van der Waals surface area contributed by atoms with Crippen LogP contribution in [0.4, 0.5) is 18.0 Å². The number of alkyl halides is 3. The summed E-state index contributed by atoms with van der Waals surface area (Å²) in [7, 11) is 0. The van der Waals surface area contributed by atoms with E-state index in [1.165, 1.54) is 23.5 Å². The van der Waals surface area contributed by atoms with Crippen molar-refractivity contribution in [3.63, 3.8) is 0 Å². The van der Waals surface area contributed by atoms with Gasteiger partial charge in [-0.1, -0.05) is 11.6 Å². The topological polar surface area (TPSA) is 91.2 Å². The molecule has 0 aliphatic heterocycles. The van der Waals surface area contributed by atoms with Gasteiger partial charge in [0.2, 0.25) is 0 Å². The summed E-state index contributed by atoms with van der Waals surface area (Å²) in [4.78, 5) is 22.3. The van der Waals surface area contributed by atoms with Crippen molar-refractivity contribution < 1.29 is 27.5 Å². The zero-order valence-corrected chi connectivity index (χ0v) is 11.6. The number of nitriles is 1. The number of halogens is 4. The van der Waals surface area contributed by atoms with Crippen LogP contribution in [0.1, 0.15) is 5.56 Å². The highest BCUT2D eigenvalue weighted by molar-refractivity contribution is 6.32. The van der Waals surface area contributed by atoms with Gasteiger partial charge in [-0.25, -0.2) is 4.79 Å². The van der Waals surface area contributed by atoms with Gasteiger partial charge in [-0.2, -0.15) is 18.4 Å². The van der Waals surface area contributed by atoms with Crippen LogP contribution in [0.2, 0.25) is 5.02 Å². The Hall–Kier alpha value is -2.47. The smallest absolute Gasteiger partial charge is 0.405 e. The van der Waals surface area contributed by atoms with E-state index in [0.717, 1.165) is 0 Å². The van der Waals surface area contributed by atoms with Crippen molar-refractivity contribution in [3.8, 4) is 11.8 Å². The lowest BCUT2D eigenvalue weighted by molar-refractivity contribution is -0.125. The van der Waals surface area contributed by atoms with Crippen molar-refractivity contribution in [1.29, 1.82) is 5.26 Å². The average Bonchev–Trinajstić information content (AvgIpc) is 2.43. The summed E-state index contributed by atoms with van der Waals surface area (Å²) in [6.07, 6.45) is -4.58. The molecule has 22 heavy (non-hydrogen) atoms. The van der Waals surface area contributed by atoms with E-state index in [0.29, 0.717) is 0 Å². The van der Waals surface area contributed by atoms with Gasteiger partial charge < -0.3 is 10.1 Å². The third kappa shape index (κ3) is 6.32. The molecule has 0 aliphatic rings. The Morgan fingerprint density at radius 2 is 2.05 bits per heavy atom. The Morgan fingerprint density at radius 3 is 2.59 bits per heavy atom. The molecule has 0 atom stereocenters. The molecule has 0 spiro atoms. The van der Waals surface area contributed by atoms with Crippen molar-refractivity contribution in [2.45, 2.75) is 6.18 Å². The minimum absolute atomic E-state index is 0.0772. The maximum Gasteiger partial charge on any atom is 0.405 e. The number of rotatable bonds is 4. The summed E-state index contributed by atoms with van der Waals surface area (Å²) in [6.45, 7) is -2.19. The standard InChI is InChI=1S/C12H9ClF3N3O3/c13-8-3-7(4-17)1-2-9(8)22-5-10(20)19-11(21)18-6-12(14,15)16/h1-3H,5-6H2,(H2,18,19,20,21). The molecule has 0 aliphatic carbocycles. The summed E-state index contributed by atoms with van der Waals surface area (Å²) < 4.78 is 40.5. The molecule has 0 radical (unpaired) electrons. The molecule has 1 aromatic carbocycles. The van der Waals surface area contributed by atoms with E-state index in [4.69, 9.17) is 21.6 Å². The molecule has 0 aromatic heterocycles. The number of carbonyl (C=O) groups excluding carboxylic acids is 2. The molecule has 10 heteroatoms. The van der Waals surface area contributed by atoms with Gasteiger partial charge >= 0.3 is 12.2 Å². The van der Waals surface area contributed by atoms with Gasteiger partial charge in [-0.05, 0) is 18.2 Å². The molecule has 118 valence electrons. The number of nitrogens with zero attached hydrogens (tertiary/aromatic N) is 1. The number of amides is 3. The van der Waals surface area contributed by atoms with Gasteiger partial charge in [-0.3, -0.25) is 10.1 Å². The van der Waals surface area contributed by atoms with Crippen LogP contribution in [0.25, 0.3) is 0 Å². The molecular formula is C12H9ClF3N3O3. The molecule has 0 saturated carbocycles. The molecule has 0 heterocycles. The lowest BCUT2D eigenvalue weighted by Gasteiger charge is -2.10. The Bertz CT molecular complexity index is 614. The van der Waals surface area contributed by atoms with E-state index in [9.17, 15) is 22.8 Å². The van der Waals surface area contributed by atoms with Crippen LogP contribution in [0, 0.1) is 11.3 Å². The molecule has 0 bridgehead atoms. The summed E-state index contributed by atoms with van der Waals surface area (Å²) in [5.41, 5.74) is 0.285. The van der Waals surface area contributed by atoms with Gasteiger partial charge in [0.1, 0.15) is 12.3 Å². The highest BCUT2D eigenvalue weighted by Gasteiger charge is 2.27. The molecule has 6 nitrogen and oxygen atoms in total. The average molecular weight is 336 g/mol. The molecule has 0 saturated heterocycles. The number of hydrogen-bond donors (Lipinski definition) is 2. The number of carbonyl (C=O) groups is 2. The van der Waals surface area contributed by atoms with E-state index >= 15 is 0 Å². The van der Waals surface area contributed by atoms with Gasteiger partial charge in [0.05, 0.1) is 16.7 Å². The first-order valence-corrected chi connectivity index (χ1v) is 6.06. The molecule has 0 fully saturated rings. The molecule has 0 unspecified atom stereocenters. The predicted octanol–water partition coefficient (Wildman–Crippen LogP) is 1.98. The highest BCUT2D eigenvalue weighted by atomic mass is 35.5. The fourth-order valence-corrected chi connectivity index (χ4v) is 1.45. The first kappa shape index (κ1) is 17.6. The van der Waals surface area contributed by atoms with E-state index in [2.05, 4.69) is 0 Å². The van der Waals surface area contributed by atoms with Crippen LogP contribution < -0.4 is 15.4 Å². The summed E-state index contributed by atoms with van der Waals surface area (Å²) in [6, 6.07) is 4.61. The second-order valence-corrected chi connectivity index (χ2v) is 4.30. The van der Waals surface area contributed by atoms with Crippen LogP contribution in [-0.2, 0) is 4.79 Å². The fraction of sp³-hybridized carbons (Fsp3) is 0.250. The van der Waals surface area contributed by atoms with Crippen LogP contribution in [0.15, 0.2) is 18.2 Å². The molecule has 3 amide bonds. The monoisotopic (exact) mass is 335 g/mol. The van der Waals surface area contributed by atoms with E-state index in [1.54, 1.807) is 5.32 Å². The minimum atomic E-state index is -4.58. The van der Waals surface area contributed by atoms with Gasteiger partial charge in [0.25, 0.3) is 5.91 Å². The maximum absolute atomic E-state index is 11.8. The number of hydrogen-bond acceptors (Lipinski definition) is 4. The molecule has 2 N–H and O–H groups in total. The van der Waals surface area contributed by atoms with E-state index in [-0.39, 0.29) is 16.3 Å². The number of ether oxygens (including phenoxy) is 1. The van der Waals surface area contributed by atoms with Gasteiger partial charge in [0, 0.05) is 0 Å². The number of imide groups is 1. The van der Waals surface area contributed by atoms with Crippen LogP contribution in [0.5, 0.6) is 5.75 Å². The predicted molar refractivity (Wildman–Crippen MR) is 69.3 cm³/mol. The molecule has 1 aromatic rings. The van der Waals surface area contributed by atoms with Crippen LogP contribution in [0.3, 0.4) is 0 Å². The summed E-state index contributed by atoms with van der Waals surface area (Å²) >= 11 is 5.79. The van der Waals surface area contributed by atoms with Crippen molar-refractivity contribution in [1.82, 2.24) is 10.6 Å². The third-order valence-corrected chi connectivity index (χ3v) is 2.42.